The number of hydrogen-bond donors (Lipinski definition) is 0. The number of piperazine rings is 1. The lowest BCUT2D eigenvalue weighted by atomic mass is 10.2. The summed E-state index contributed by atoms with van der Waals surface area (Å²) in [4.78, 5) is 16.1. The molecule has 1 aromatic rings. The van der Waals surface area contributed by atoms with E-state index in [4.69, 9.17) is 4.74 Å². The van der Waals surface area contributed by atoms with Gasteiger partial charge in [-0.05, 0) is 30.7 Å². The number of benzene rings is 1. The third-order valence-corrected chi connectivity index (χ3v) is 4.44. The Kier molecular flexibility index (Phi) is 3.76. The molecule has 3 rings (SSSR count). The van der Waals surface area contributed by atoms with E-state index >= 15 is 0 Å². The van der Waals surface area contributed by atoms with Crippen LogP contribution in [0.15, 0.2) is 24.3 Å². The molecule has 2 bridgehead atoms. The summed E-state index contributed by atoms with van der Waals surface area (Å²) in [6, 6.07) is 9.34. The monoisotopic (exact) mass is 274 g/mol. The van der Waals surface area contributed by atoms with Crippen LogP contribution in [0.5, 0.6) is 5.75 Å². The van der Waals surface area contributed by atoms with Crippen LogP contribution in [-0.4, -0.2) is 47.5 Å². The number of carbonyl (C=O) groups excluding carboxylic acids is 1. The first-order valence-corrected chi connectivity index (χ1v) is 7.41. The van der Waals surface area contributed by atoms with E-state index in [1.807, 2.05) is 12.1 Å². The molecule has 0 aliphatic carbocycles. The second kappa shape index (κ2) is 5.54. The van der Waals surface area contributed by atoms with Crippen molar-refractivity contribution in [3.63, 3.8) is 0 Å². The Morgan fingerprint density at radius 2 is 1.85 bits per heavy atom. The largest absolute Gasteiger partial charge is 0.427 e. The predicted molar refractivity (Wildman–Crippen MR) is 77.6 cm³/mol. The summed E-state index contributed by atoms with van der Waals surface area (Å²) in [6.07, 6.45) is 1.32. The maximum Gasteiger partial charge on any atom is 0.308 e. The van der Waals surface area contributed by atoms with Crippen molar-refractivity contribution in [3.05, 3.63) is 29.8 Å². The molecule has 2 atom stereocenters. The molecule has 0 aromatic heterocycles. The SMILES string of the molecule is CCN1C[C@@H]2C[C@H]1CN2Cc1ccc(OC(C)=O)cc1. The van der Waals surface area contributed by atoms with E-state index in [2.05, 4.69) is 28.9 Å². The highest BCUT2D eigenvalue weighted by Gasteiger charge is 2.41. The van der Waals surface area contributed by atoms with E-state index in [0.717, 1.165) is 12.6 Å². The van der Waals surface area contributed by atoms with Gasteiger partial charge in [0, 0.05) is 38.6 Å². The summed E-state index contributed by atoms with van der Waals surface area (Å²) >= 11 is 0. The fourth-order valence-electron chi connectivity index (χ4n) is 3.48. The number of nitrogens with zero attached hydrogens (tertiary/aromatic N) is 2. The highest BCUT2D eigenvalue weighted by atomic mass is 16.5. The molecule has 0 spiro atoms. The molecule has 20 heavy (non-hydrogen) atoms. The minimum atomic E-state index is -0.269. The fourth-order valence-corrected chi connectivity index (χ4v) is 3.48. The van der Waals surface area contributed by atoms with Crippen molar-refractivity contribution in [1.29, 1.82) is 0 Å². The van der Waals surface area contributed by atoms with Crippen molar-refractivity contribution in [2.75, 3.05) is 19.6 Å². The first kappa shape index (κ1) is 13.6. The summed E-state index contributed by atoms with van der Waals surface area (Å²) in [5.41, 5.74) is 1.29. The van der Waals surface area contributed by atoms with Crippen LogP contribution in [-0.2, 0) is 11.3 Å². The Hall–Kier alpha value is -1.39. The van der Waals surface area contributed by atoms with Crippen molar-refractivity contribution in [1.82, 2.24) is 9.80 Å². The second-order valence-electron chi connectivity index (χ2n) is 5.80. The molecular formula is C16H22N2O2. The topological polar surface area (TPSA) is 32.8 Å². The van der Waals surface area contributed by atoms with Gasteiger partial charge >= 0.3 is 5.97 Å². The zero-order valence-corrected chi connectivity index (χ0v) is 12.2. The number of fused-ring (bicyclic) bond motifs is 2. The van der Waals surface area contributed by atoms with Gasteiger partial charge in [0.2, 0.25) is 0 Å². The van der Waals surface area contributed by atoms with Crippen LogP contribution in [0.25, 0.3) is 0 Å². The van der Waals surface area contributed by atoms with E-state index in [1.165, 1.54) is 38.5 Å². The number of esters is 1. The van der Waals surface area contributed by atoms with Crippen LogP contribution < -0.4 is 4.74 Å². The summed E-state index contributed by atoms with van der Waals surface area (Å²) in [5.74, 6) is 0.357. The molecule has 2 heterocycles. The smallest absolute Gasteiger partial charge is 0.308 e. The van der Waals surface area contributed by atoms with E-state index in [1.54, 1.807) is 0 Å². The molecule has 4 heteroatoms. The Bertz CT molecular complexity index is 486. The van der Waals surface area contributed by atoms with Crippen molar-refractivity contribution in [3.8, 4) is 5.75 Å². The van der Waals surface area contributed by atoms with Gasteiger partial charge in [0.25, 0.3) is 0 Å². The van der Waals surface area contributed by atoms with Crippen LogP contribution in [0.3, 0.4) is 0 Å². The molecular weight excluding hydrogens is 252 g/mol. The molecule has 0 radical (unpaired) electrons. The first-order valence-electron chi connectivity index (χ1n) is 7.41. The number of rotatable bonds is 4. The minimum Gasteiger partial charge on any atom is -0.427 e. The molecule has 2 aliphatic rings. The van der Waals surface area contributed by atoms with Crippen LogP contribution in [0.4, 0.5) is 0 Å². The van der Waals surface area contributed by atoms with Gasteiger partial charge in [-0.15, -0.1) is 0 Å². The molecule has 1 aromatic carbocycles. The maximum atomic E-state index is 10.9. The number of hydrogen-bond acceptors (Lipinski definition) is 4. The van der Waals surface area contributed by atoms with Gasteiger partial charge in [-0.25, -0.2) is 0 Å². The summed E-state index contributed by atoms with van der Waals surface area (Å²) in [5, 5.41) is 0. The molecule has 2 aliphatic heterocycles. The summed E-state index contributed by atoms with van der Waals surface area (Å²) in [7, 11) is 0. The standard InChI is InChI=1S/C16H22N2O2/c1-3-17-10-15-8-14(17)11-18(15)9-13-4-6-16(7-5-13)20-12(2)19/h4-7,14-15H,3,8-11H2,1-2H3/t14-,15-/m0/s1. The second-order valence-corrected chi connectivity index (χ2v) is 5.80. The third kappa shape index (κ3) is 2.72. The lowest BCUT2D eigenvalue weighted by molar-refractivity contribution is -0.131. The molecule has 0 saturated carbocycles. The Morgan fingerprint density at radius 3 is 2.40 bits per heavy atom. The van der Waals surface area contributed by atoms with Gasteiger partial charge < -0.3 is 4.74 Å². The van der Waals surface area contributed by atoms with Gasteiger partial charge in [0.15, 0.2) is 0 Å². The third-order valence-electron chi connectivity index (χ3n) is 4.44. The van der Waals surface area contributed by atoms with Crippen molar-refractivity contribution < 1.29 is 9.53 Å². The average molecular weight is 274 g/mol. The van der Waals surface area contributed by atoms with Crippen LogP contribution in [0, 0.1) is 0 Å². The van der Waals surface area contributed by atoms with E-state index in [0.29, 0.717) is 11.8 Å². The van der Waals surface area contributed by atoms with Gasteiger partial charge in [0.05, 0.1) is 0 Å². The summed E-state index contributed by atoms with van der Waals surface area (Å²) < 4.78 is 5.06. The zero-order valence-electron chi connectivity index (χ0n) is 12.2. The van der Waals surface area contributed by atoms with Gasteiger partial charge in [0.1, 0.15) is 5.75 Å². The Balaban J connectivity index is 1.58. The number of ether oxygens (including phenoxy) is 1. The van der Waals surface area contributed by atoms with Gasteiger partial charge in [-0.1, -0.05) is 19.1 Å². The van der Waals surface area contributed by atoms with E-state index in [-0.39, 0.29) is 5.97 Å². The maximum absolute atomic E-state index is 10.9. The number of likely N-dealkylation sites (tertiary alicyclic amines) is 2. The number of carbonyl (C=O) groups is 1. The summed E-state index contributed by atoms with van der Waals surface area (Å²) in [6.45, 7) is 8.25. The predicted octanol–water partition coefficient (Wildman–Crippen LogP) is 1.89. The van der Waals surface area contributed by atoms with Gasteiger partial charge in [-0.3, -0.25) is 14.6 Å². The average Bonchev–Trinajstić information content (AvgIpc) is 2.99. The lowest BCUT2D eigenvalue weighted by Crippen LogP contribution is -2.45. The minimum absolute atomic E-state index is 0.269. The highest BCUT2D eigenvalue weighted by Crippen LogP contribution is 2.31. The highest BCUT2D eigenvalue weighted by molar-refractivity contribution is 5.69. The fraction of sp³-hybridized carbons (Fsp3) is 0.562. The van der Waals surface area contributed by atoms with Crippen LogP contribution >= 0.6 is 0 Å². The van der Waals surface area contributed by atoms with Gasteiger partial charge in [-0.2, -0.15) is 0 Å². The molecule has 0 N–H and O–H groups in total. The Labute approximate surface area is 120 Å². The van der Waals surface area contributed by atoms with Crippen molar-refractivity contribution in [2.24, 2.45) is 0 Å². The van der Waals surface area contributed by atoms with E-state index < -0.39 is 0 Å². The molecule has 4 nitrogen and oxygen atoms in total. The molecule has 2 saturated heterocycles. The first-order chi connectivity index (χ1) is 9.65. The Morgan fingerprint density at radius 1 is 1.20 bits per heavy atom. The molecule has 0 unspecified atom stereocenters. The molecule has 108 valence electrons. The lowest BCUT2D eigenvalue weighted by Gasteiger charge is -2.33. The normalized spacial score (nSPS) is 26.1. The quantitative estimate of drug-likeness (QED) is 0.620. The van der Waals surface area contributed by atoms with E-state index in [9.17, 15) is 4.79 Å². The van der Waals surface area contributed by atoms with Crippen LogP contribution in [0.1, 0.15) is 25.8 Å². The zero-order chi connectivity index (χ0) is 14.1. The van der Waals surface area contributed by atoms with Crippen molar-refractivity contribution in [2.45, 2.75) is 38.9 Å². The molecule has 0 amide bonds. The molecule has 2 fully saturated rings. The number of likely N-dealkylation sites (N-methyl/N-ethyl adjacent to an activating group) is 1. The van der Waals surface area contributed by atoms with Crippen molar-refractivity contribution >= 4 is 5.97 Å². The van der Waals surface area contributed by atoms with Crippen LogP contribution in [0.2, 0.25) is 0 Å².